The summed E-state index contributed by atoms with van der Waals surface area (Å²) in [5.74, 6) is -0.113. The van der Waals surface area contributed by atoms with E-state index < -0.39 is 0 Å². The van der Waals surface area contributed by atoms with Gasteiger partial charge in [-0.15, -0.1) is 0 Å². The molecule has 1 amide bonds. The monoisotopic (exact) mass is 300 g/mol. The zero-order valence-corrected chi connectivity index (χ0v) is 12.4. The van der Waals surface area contributed by atoms with Crippen molar-refractivity contribution in [3.05, 3.63) is 59.1 Å². The molecule has 3 nitrogen and oxygen atoms in total. The van der Waals surface area contributed by atoms with Crippen LogP contribution in [0.5, 0.6) is 0 Å². The summed E-state index contributed by atoms with van der Waals surface area (Å²) < 4.78 is 0. The summed E-state index contributed by atoms with van der Waals surface area (Å²) in [7, 11) is 0. The van der Waals surface area contributed by atoms with E-state index in [-0.39, 0.29) is 5.91 Å². The molecule has 0 bridgehead atoms. The van der Waals surface area contributed by atoms with E-state index in [1.165, 1.54) is 12.8 Å². The zero-order chi connectivity index (χ0) is 14.7. The molecule has 0 radical (unpaired) electrons. The summed E-state index contributed by atoms with van der Waals surface area (Å²) in [5.41, 5.74) is 2.49. The predicted octanol–water partition coefficient (Wildman–Crippen LogP) is 4.19. The summed E-state index contributed by atoms with van der Waals surface area (Å²) in [6.07, 6.45) is 2.44. The molecule has 2 aromatic carbocycles. The van der Waals surface area contributed by atoms with Crippen LogP contribution in [0.15, 0.2) is 48.5 Å². The lowest BCUT2D eigenvalue weighted by Crippen LogP contribution is -2.18. The third kappa shape index (κ3) is 3.37. The van der Waals surface area contributed by atoms with Gasteiger partial charge in [-0.05, 0) is 49.2 Å². The number of anilines is 2. The standard InChI is InChI=1S/C17H17ClN2O/c18-14-6-4-7-15(12-14)19-17(21)13-5-3-8-16(11-13)20-9-1-2-10-20/h3-8,11-12H,1-2,9-10H2,(H,19,21). The van der Waals surface area contributed by atoms with E-state index in [2.05, 4.69) is 16.3 Å². The number of halogens is 1. The minimum absolute atomic E-state index is 0.113. The van der Waals surface area contributed by atoms with Crippen LogP contribution >= 0.6 is 11.6 Å². The predicted molar refractivity (Wildman–Crippen MR) is 87.3 cm³/mol. The number of carbonyl (C=O) groups is 1. The lowest BCUT2D eigenvalue weighted by molar-refractivity contribution is 0.102. The maximum atomic E-state index is 12.3. The Labute approximate surface area is 129 Å². The Morgan fingerprint density at radius 1 is 1.05 bits per heavy atom. The van der Waals surface area contributed by atoms with Crippen LogP contribution in [0.1, 0.15) is 23.2 Å². The molecule has 1 aliphatic rings. The average Bonchev–Trinajstić information content (AvgIpc) is 3.02. The number of amides is 1. The molecule has 0 unspecified atom stereocenters. The van der Waals surface area contributed by atoms with Gasteiger partial charge in [0.15, 0.2) is 0 Å². The summed E-state index contributed by atoms with van der Waals surface area (Å²) in [5, 5.41) is 3.48. The first kappa shape index (κ1) is 14.0. The summed E-state index contributed by atoms with van der Waals surface area (Å²) in [6, 6.07) is 14.9. The van der Waals surface area contributed by atoms with E-state index in [4.69, 9.17) is 11.6 Å². The van der Waals surface area contributed by atoms with Gasteiger partial charge in [-0.2, -0.15) is 0 Å². The minimum atomic E-state index is -0.113. The Morgan fingerprint density at radius 2 is 1.81 bits per heavy atom. The average molecular weight is 301 g/mol. The van der Waals surface area contributed by atoms with Crippen molar-refractivity contribution in [2.24, 2.45) is 0 Å². The van der Waals surface area contributed by atoms with Gasteiger partial charge in [0.25, 0.3) is 5.91 Å². The van der Waals surface area contributed by atoms with E-state index in [1.54, 1.807) is 12.1 Å². The lowest BCUT2D eigenvalue weighted by atomic mass is 10.1. The summed E-state index contributed by atoms with van der Waals surface area (Å²) >= 11 is 5.93. The molecule has 4 heteroatoms. The van der Waals surface area contributed by atoms with Crippen molar-refractivity contribution in [3.8, 4) is 0 Å². The van der Waals surface area contributed by atoms with Crippen LogP contribution < -0.4 is 10.2 Å². The number of carbonyl (C=O) groups excluding carboxylic acids is 1. The molecule has 21 heavy (non-hydrogen) atoms. The fourth-order valence-electron chi connectivity index (χ4n) is 2.59. The molecule has 1 fully saturated rings. The number of rotatable bonds is 3. The molecule has 1 heterocycles. The number of hydrogen-bond acceptors (Lipinski definition) is 2. The molecule has 0 atom stereocenters. The molecule has 0 aromatic heterocycles. The highest BCUT2D eigenvalue weighted by atomic mass is 35.5. The fourth-order valence-corrected chi connectivity index (χ4v) is 2.78. The Hall–Kier alpha value is -2.00. The van der Waals surface area contributed by atoms with Gasteiger partial charge in [0, 0.05) is 35.1 Å². The van der Waals surface area contributed by atoms with Gasteiger partial charge in [-0.25, -0.2) is 0 Å². The Kier molecular flexibility index (Phi) is 4.11. The molecule has 3 rings (SSSR count). The zero-order valence-electron chi connectivity index (χ0n) is 11.7. The topological polar surface area (TPSA) is 32.3 Å². The van der Waals surface area contributed by atoms with Crippen LogP contribution in [0.25, 0.3) is 0 Å². The van der Waals surface area contributed by atoms with Gasteiger partial charge in [0.1, 0.15) is 0 Å². The summed E-state index contributed by atoms with van der Waals surface area (Å²) in [4.78, 5) is 14.6. The molecule has 0 aliphatic carbocycles. The maximum Gasteiger partial charge on any atom is 0.255 e. The molecule has 0 saturated carbocycles. The maximum absolute atomic E-state index is 12.3. The number of nitrogens with zero attached hydrogens (tertiary/aromatic N) is 1. The van der Waals surface area contributed by atoms with Crippen LogP contribution in [0.4, 0.5) is 11.4 Å². The van der Waals surface area contributed by atoms with Gasteiger partial charge in [-0.3, -0.25) is 4.79 Å². The van der Waals surface area contributed by atoms with E-state index in [1.807, 2.05) is 30.3 Å². The minimum Gasteiger partial charge on any atom is -0.372 e. The van der Waals surface area contributed by atoms with Gasteiger partial charge in [-0.1, -0.05) is 23.7 Å². The first-order valence-corrected chi connectivity index (χ1v) is 7.52. The van der Waals surface area contributed by atoms with Crippen LogP contribution in [0.2, 0.25) is 5.02 Å². The highest BCUT2D eigenvalue weighted by Gasteiger charge is 2.14. The SMILES string of the molecule is O=C(Nc1cccc(Cl)c1)c1cccc(N2CCCC2)c1. The van der Waals surface area contributed by atoms with E-state index >= 15 is 0 Å². The Balaban J connectivity index is 1.76. The van der Waals surface area contributed by atoms with Gasteiger partial charge < -0.3 is 10.2 Å². The number of benzene rings is 2. The van der Waals surface area contributed by atoms with Crippen LogP contribution in [0.3, 0.4) is 0 Å². The van der Waals surface area contributed by atoms with Crippen molar-refractivity contribution in [1.29, 1.82) is 0 Å². The van der Waals surface area contributed by atoms with Gasteiger partial charge in [0.2, 0.25) is 0 Å². The van der Waals surface area contributed by atoms with Crippen molar-refractivity contribution in [1.82, 2.24) is 0 Å². The van der Waals surface area contributed by atoms with Crippen molar-refractivity contribution >= 4 is 28.9 Å². The van der Waals surface area contributed by atoms with Gasteiger partial charge in [0.05, 0.1) is 0 Å². The van der Waals surface area contributed by atoms with Crippen LogP contribution in [0, 0.1) is 0 Å². The molecule has 2 aromatic rings. The molecule has 1 N–H and O–H groups in total. The van der Waals surface area contributed by atoms with Crippen LogP contribution in [-0.4, -0.2) is 19.0 Å². The first-order chi connectivity index (χ1) is 10.2. The van der Waals surface area contributed by atoms with Crippen molar-refractivity contribution < 1.29 is 4.79 Å². The van der Waals surface area contributed by atoms with Crippen molar-refractivity contribution in [2.75, 3.05) is 23.3 Å². The molecule has 0 spiro atoms. The largest absolute Gasteiger partial charge is 0.372 e. The number of nitrogens with one attached hydrogen (secondary N) is 1. The van der Waals surface area contributed by atoms with E-state index in [0.717, 1.165) is 18.8 Å². The smallest absolute Gasteiger partial charge is 0.255 e. The molecular formula is C17H17ClN2O. The number of hydrogen-bond donors (Lipinski definition) is 1. The van der Waals surface area contributed by atoms with Crippen molar-refractivity contribution in [2.45, 2.75) is 12.8 Å². The van der Waals surface area contributed by atoms with Crippen molar-refractivity contribution in [3.63, 3.8) is 0 Å². The molecule has 1 saturated heterocycles. The molecule has 108 valence electrons. The third-order valence-electron chi connectivity index (χ3n) is 3.66. The normalized spacial score (nSPS) is 14.2. The quantitative estimate of drug-likeness (QED) is 0.921. The van der Waals surface area contributed by atoms with E-state index in [0.29, 0.717) is 16.3 Å². The van der Waals surface area contributed by atoms with Crippen LogP contribution in [-0.2, 0) is 0 Å². The molecule has 1 aliphatic heterocycles. The van der Waals surface area contributed by atoms with E-state index in [9.17, 15) is 4.79 Å². The highest BCUT2D eigenvalue weighted by Crippen LogP contribution is 2.22. The Morgan fingerprint density at radius 3 is 2.57 bits per heavy atom. The summed E-state index contributed by atoms with van der Waals surface area (Å²) in [6.45, 7) is 2.14. The van der Waals surface area contributed by atoms with Gasteiger partial charge >= 0.3 is 0 Å². The highest BCUT2D eigenvalue weighted by molar-refractivity contribution is 6.30. The molecular weight excluding hydrogens is 284 g/mol. The third-order valence-corrected chi connectivity index (χ3v) is 3.90. The second-order valence-corrected chi connectivity index (χ2v) is 5.65. The Bertz CT molecular complexity index is 651. The lowest BCUT2D eigenvalue weighted by Gasteiger charge is -2.18. The first-order valence-electron chi connectivity index (χ1n) is 7.14. The fraction of sp³-hybridized carbons (Fsp3) is 0.235. The second-order valence-electron chi connectivity index (χ2n) is 5.21. The second kappa shape index (κ2) is 6.19.